The van der Waals surface area contributed by atoms with Crippen LogP contribution in [0, 0.1) is 50.2 Å². The van der Waals surface area contributed by atoms with Crippen LogP contribution in [0.1, 0.15) is 202 Å². The topological polar surface area (TPSA) is 326 Å². The number of aliphatic hydroxyl groups is 3. The standard InChI is InChI=1S/C116H120O25/c1-110(2)64-66-115(109(127)141-108-97(138-104(125)77-48-28-13-29-49-77)95(137-103(124)76-46-26-12-27-47-76)92(134-100(121)73-40-20-9-21-41-73)85(131-108)70-128-99(120)72-38-18-8-19-39-72)67-65-113(6)82(83(115)68-110)58-59-88-112(5)62-61-89(111(3,4)87(112)60-63-114(88,113)7)133-107-98(139-105(126)78-50-30-14-31-51-78)96(140-106-94(91(119)90(118)84(69-117)130-106)136-102(123)75-44-24-11-25-45-75)93(135-101(122)74-42-22-10-23-43-74)86(132-107)71-129-116(79-52-32-15-33-53-79,80-54-34-16-35-55-80)81-56-36-17-37-57-81/h8-58,83-98,106-108,117-119H,59-71H2,1-7H3/t83-,84+,85+,86+,87-,88+,89-,90-,91-,92+,93+,94+,95-,96-,97+,98+,106-,107-,108-,112-,113+,114+,115-/m0/s1. The van der Waals surface area contributed by atoms with Crippen molar-refractivity contribution in [3.8, 4) is 0 Å². The number of esters is 8. The van der Waals surface area contributed by atoms with Gasteiger partial charge in [0.25, 0.3) is 0 Å². The van der Waals surface area contributed by atoms with Gasteiger partial charge >= 0.3 is 47.8 Å². The van der Waals surface area contributed by atoms with E-state index in [0.29, 0.717) is 74.5 Å². The lowest BCUT2D eigenvalue weighted by Crippen LogP contribution is -2.68. The summed E-state index contributed by atoms with van der Waals surface area (Å²) in [6.45, 7) is 14.1. The molecular formula is C116H120O25. The Morgan fingerprint density at radius 2 is 0.723 bits per heavy atom. The summed E-state index contributed by atoms with van der Waals surface area (Å²) in [7, 11) is 0. The largest absolute Gasteiger partial charge is 0.459 e. The zero-order valence-corrected chi connectivity index (χ0v) is 79.9. The monoisotopic (exact) mass is 1910 g/mol. The first-order valence-electron chi connectivity index (χ1n) is 48.8. The van der Waals surface area contributed by atoms with Crippen molar-refractivity contribution in [2.45, 2.75) is 216 Å². The molecule has 10 aromatic carbocycles. The van der Waals surface area contributed by atoms with Crippen molar-refractivity contribution in [1.82, 2.24) is 0 Å². The minimum absolute atomic E-state index is 0.0249. The Hall–Kier alpha value is -12.7. The molecule has 4 saturated carbocycles. The molecule has 25 nitrogen and oxygen atoms in total. The second-order valence-corrected chi connectivity index (χ2v) is 40.6. The minimum atomic E-state index is -2.00. The first kappa shape index (κ1) is 98.5. The highest BCUT2D eigenvalue weighted by Crippen LogP contribution is 2.76. The molecule has 3 aliphatic heterocycles. The highest BCUT2D eigenvalue weighted by atomic mass is 16.8. The van der Waals surface area contributed by atoms with Gasteiger partial charge in [-0.3, -0.25) is 4.79 Å². The van der Waals surface area contributed by atoms with Crippen molar-refractivity contribution in [1.29, 1.82) is 0 Å². The number of fused-ring (bicyclic) bond motifs is 7. The fraction of sp³-hybridized carbons (Fsp3) is 0.397. The van der Waals surface area contributed by atoms with Crippen LogP contribution in [0.2, 0.25) is 0 Å². The average molecular weight is 1910 g/mol. The molecule has 8 aliphatic rings. The van der Waals surface area contributed by atoms with Crippen molar-refractivity contribution < 1.29 is 120 Å². The Labute approximate surface area is 820 Å². The number of allylic oxidation sites excluding steroid dienone is 2. The van der Waals surface area contributed by atoms with Crippen molar-refractivity contribution in [3.05, 3.63) is 371 Å². The van der Waals surface area contributed by atoms with Gasteiger partial charge < -0.3 is 81.6 Å². The first-order chi connectivity index (χ1) is 68.0. The molecular weight excluding hydrogens is 1790 g/mol. The van der Waals surface area contributed by atoms with E-state index < -0.39 is 204 Å². The van der Waals surface area contributed by atoms with Gasteiger partial charge in [0.05, 0.1) is 63.7 Å². The van der Waals surface area contributed by atoms with Crippen molar-refractivity contribution in [2.75, 3.05) is 19.8 Å². The van der Waals surface area contributed by atoms with Gasteiger partial charge in [0.1, 0.15) is 48.8 Å². The van der Waals surface area contributed by atoms with E-state index in [1.54, 1.807) is 164 Å². The van der Waals surface area contributed by atoms with Gasteiger partial charge in [0, 0.05) is 0 Å². The van der Waals surface area contributed by atoms with E-state index in [2.05, 4.69) is 54.5 Å². The van der Waals surface area contributed by atoms with E-state index in [0.717, 1.165) is 12.0 Å². The molecule has 5 aliphatic carbocycles. The van der Waals surface area contributed by atoms with E-state index in [-0.39, 0.29) is 56.2 Å². The van der Waals surface area contributed by atoms with E-state index in [1.807, 2.05) is 91.0 Å². The van der Waals surface area contributed by atoms with Crippen LogP contribution in [0.4, 0.5) is 0 Å². The molecule has 3 saturated heterocycles. The third kappa shape index (κ3) is 19.6. The lowest BCUT2D eigenvalue weighted by atomic mass is 9.33. The number of rotatable bonds is 28. The van der Waals surface area contributed by atoms with Crippen LogP contribution in [0.3, 0.4) is 0 Å². The van der Waals surface area contributed by atoms with Crippen LogP contribution >= 0.6 is 0 Å². The molecule has 25 heteroatoms. The molecule has 0 bridgehead atoms. The van der Waals surface area contributed by atoms with Crippen LogP contribution in [0.25, 0.3) is 0 Å². The van der Waals surface area contributed by atoms with Crippen LogP contribution < -0.4 is 0 Å². The molecule has 0 unspecified atom stereocenters. The summed E-state index contributed by atoms with van der Waals surface area (Å²) in [5.41, 5.74) is -1.10. The van der Waals surface area contributed by atoms with E-state index in [1.165, 1.54) is 48.5 Å². The van der Waals surface area contributed by atoms with Crippen LogP contribution in [-0.4, -0.2) is 181 Å². The lowest BCUT2D eigenvalue weighted by molar-refractivity contribution is -0.369. The predicted molar refractivity (Wildman–Crippen MR) is 516 cm³/mol. The van der Waals surface area contributed by atoms with E-state index in [9.17, 15) is 39.3 Å². The minimum Gasteiger partial charge on any atom is -0.459 e. The second kappa shape index (κ2) is 41.5. The Morgan fingerprint density at radius 3 is 1.17 bits per heavy atom. The number of carbonyl (C=O) groups excluding carboxylic acids is 8. The number of benzene rings is 10. The van der Waals surface area contributed by atoms with E-state index >= 15 is 14.4 Å². The van der Waals surface area contributed by atoms with Crippen LogP contribution in [0.5, 0.6) is 0 Å². The Balaban J connectivity index is 0.700. The lowest BCUT2D eigenvalue weighted by Gasteiger charge is -2.71. The molecule has 23 atom stereocenters. The molecule has 3 heterocycles. The summed E-state index contributed by atoms with van der Waals surface area (Å²) >= 11 is 0. The molecule has 0 spiro atoms. The summed E-state index contributed by atoms with van der Waals surface area (Å²) in [6.07, 6.45) is -19.2. The SMILES string of the molecule is CC1(C)CC[C@]2(C(=O)O[C@@H]3O[C@H](COC(=O)c4ccccc4)[C@@H](OC(=O)c4ccccc4)[C@H](OC(=O)c4ccccc4)[C@H]3OC(=O)c3ccccc3)CC[C@]3(C)C(=CC[C@@H]4[C@@]5(C)CC[C@H](O[C@@H]6O[C@H](COC(c7ccccc7)(c7ccccc7)c7ccccc7)[C@@H](OC(=O)c7ccccc7)[C@H](O[C@@H]7O[C@H](CO)[C@H](O)[C@H](O)[C@H]7OC(=O)c7ccccc7)[C@H]6OC(=O)c6ccccc6)C(C)(C)[C@@H]5CC[C@]43C)[C@@H]2C1. The molecule has 0 radical (unpaired) electrons. The fourth-order valence-electron chi connectivity index (χ4n) is 24.1. The van der Waals surface area contributed by atoms with Crippen molar-refractivity contribution in [3.63, 3.8) is 0 Å². The van der Waals surface area contributed by atoms with Gasteiger partial charge in [0.15, 0.2) is 43.1 Å². The number of hydrogen-bond acceptors (Lipinski definition) is 25. The van der Waals surface area contributed by atoms with E-state index in [4.69, 9.17) is 66.3 Å². The average Bonchev–Trinajstić information content (AvgIpc) is 0.672. The Morgan fingerprint density at radius 1 is 0.355 bits per heavy atom. The number of hydrogen-bond donors (Lipinski definition) is 3. The Kier molecular flexibility index (Phi) is 29.0. The van der Waals surface area contributed by atoms with Gasteiger partial charge in [-0.15, -0.1) is 0 Å². The van der Waals surface area contributed by atoms with Crippen molar-refractivity contribution >= 4 is 47.8 Å². The van der Waals surface area contributed by atoms with Crippen LogP contribution in [0.15, 0.2) is 315 Å². The maximum atomic E-state index is 16.8. The summed E-state index contributed by atoms with van der Waals surface area (Å²) < 4.78 is 96.2. The maximum Gasteiger partial charge on any atom is 0.338 e. The summed E-state index contributed by atoms with van der Waals surface area (Å²) in [4.78, 5) is 121. The highest BCUT2D eigenvalue weighted by Gasteiger charge is 2.71. The quantitative estimate of drug-likeness (QED) is 0.0135. The molecule has 10 aromatic rings. The molecule has 141 heavy (non-hydrogen) atoms. The van der Waals surface area contributed by atoms with Gasteiger partial charge in [-0.25, -0.2) is 33.6 Å². The zero-order chi connectivity index (χ0) is 98.6. The number of ether oxygens (including phenoxy) is 14. The first-order valence-corrected chi connectivity index (χ1v) is 48.8. The second-order valence-electron chi connectivity index (χ2n) is 40.6. The van der Waals surface area contributed by atoms with Gasteiger partial charge in [-0.2, -0.15) is 0 Å². The van der Waals surface area contributed by atoms with Crippen molar-refractivity contribution in [2.24, 2.45) is 50.2 Å². The van der Waals surface area contributed by atoms with Gasteiger partial charge in [-0.1, -0.05) is 279 Å². The van der Waals surface area contributed by atoms with Crippen LogP contribution in [-0.2, 0) is 76.7 Å². The maximum absolute atomic E-state index is 16.8. The summed E-state index contributed by atoms with van der Waals surface area (Å²) in [6, 6.07) is 85.8. The highest BCUT2D eigenvalue weighted by molar-refractivity contribution is 5.93. The molecule has 7 fully saturated rings. The molecule has 18 rings (SSSR count). The molecule has 3 N–H and O–H groups in total. The fourth-order valence-corrected chi connectivity index (χ4v) is 24.1. The summed E-state index contributed by atoms with van der Waals surface area (Å²) in [5.74, 6) is -7.29. The number of carbonyl (C=O) groups is 8. The third-order valence-electron chi connectivity index (χ3n) is 31.7. The molecule has 0 aromatic heterocycles. The zero-order valence-electron chi connectivity index (χ0n) is 79.9. The Bertz CT molecular complexity index is 5970. The molecule has 0 amide bonds. The molecule has 734 valence electrons. The smallest absolute Gasteiger partial charge is 0.338 e. The third-order valence-corrected chi connectivity index (χ3v) is 31.7. The van der Waals surface area contributed by atoms with Gasteiger partial charge in [-0.05, 0) is 211 Å². The number of aliphatic hydroxyl groups excluding tert-OH is 3. The normalized spacial score (nSPS) is 30.7. The predicted octanol–water partition coefficient (Wildman–Crippen LogP) is 18.2. The summed E-state index contributed by atoms with van der Waals surface area (Å²) in [5, 5.41) is 35.2. The van der Waals surface area contributed by atoms with Gasteiger partial charge in [0.2, 0.25) is 12.4 Å².